The van der Waals surface area contributed by atoms with Crippen molar-refractivity contribution >= 4 is 23.8 Å². The number of unbranched alkanes of at least 4 members (excludes halogenated alkanes) is 2. The number of nitrogens with one attached hydrogen (secondary N) is 1. The second-order valence-corrected chi connectivity index (χ2v) is 4.84. The lowest BCUT2D eigenvalue weighted by molar-refractivity contribution is -0.137. The van der Waals surface area contributed by atoms with E-state index in [2.05, 4.69) is 10.1 Å². The normalized spacial score (nSPS) is 13.5. The Labute approximate surface area is 128 Å². The Hall–Kier alpha value is -2.38. The van der Waals surface area contributed by atoms with Crippen LogP contribution in [0.2, 0.25) is 0 Å². The first-order valence-corrected chi connectivity index (χ1v) is 7.23. The molecule has 0 spiro atoms. The van der Waals surface area contributed by atoms with Crippen molar-refractivity contribution in [2.45, 2.75) is 32.1 Å². The zero-order valence-electron chi connectivity index (χ0n) is 12.4. The van der Waals surface area contributed by atoms with Gasteiger partial charge in [-0.1, -0.05) is 6.42 Å². The summed E-state index contributed by atoms with van der Waals surface area (Å²) in [6, 6.07) is 0. The van der Waals surface area contributed by atoms with Gasteiger partial charge in [-0.2, -0.15) is 0 Å². The molecule has 0 aromatic heterocycles. The van der Waals surface area contributed by atoms with E-state index >= 15 is 0 Å². The first kappa shape index (κ1) is 17.7. The Morgan fingerprint density at radius 2 is 1.77 bits per heavy atom. The van der Waals surface area contributed by atoms with Gasteiger partial charge < -0.3 is 15.8 Å². The highest BCUT2D eigenvalue weighted by Crippen LogP contribution is 2.07. The Morgan fingerprint density at radius 3 is 2.41 bits per heavy atom. The predicted molar refractivity (Wildman–Crippen MR) is 77.5 cm³/mol. The molecular formula is C14H21N3O5. The summed E-state index contributed by atoms with van der Waals surface area (Å²) in [7, 11) is 0. The molecule has 0 atom stereocenters. The Kier molecular flexibility index (Phi) is 7.66. The summed E-state index contributed by atoms with van der Waals surface area (Å²) in [5.74, 6) is -0.629. The minimum atomic E-state index is -0.823. The molecule has 22 heavy (non-hydrogen) atoms. The van der Waals surface area contributed by atoms with Crippen molar-refractivity contribution in [2.75, 3.05) is 19.7 Å². The first-order chi connectivity index (χ1) is 10.5. The van der Waals surface area contributed by atoms with Gasteiger partial charge in [0.25, 0.3) is 11.8 Å². The van der Waals surface area contributed by atoms with E-state index in [-0.39, 0.29) is 24.3 Å². The van der Waals surface area contributed by atoms with E-state index < -0.39 is 6.09 Å². The van der Waals surface area contributed by atoms with Gasteiger partial charge in [0.1, 0.15) is 0 Å². The lowest BCUT2D eigenvalue weighted by Crippen LogP contribution is -2.30. The van der Waals surface area contributed by atoms with Crippen LogP contribution in [-0.2, 0) is 19.1 Å². The molecule has 1 aliphatic heterocycles. The van der Waals surface area contributed by atoms with Crippen LogP contribution in [0.3, 0.4) is 0 Å². The SMILES string of the molecule is NC(=O)OCCCNC(=O)CCCCCN1C(=O)C=CC1=O. The molecule has 0 bridgehead atoms. The van der Waals surface area contributed by atoms with Crippen LogP contribution in [0.25, 0.3) is 0 Å². The van der Waals surface area contributed by atoms with Crippen molar-refractivity contribution in [3.8, 4) is 0 Å². The number of ether oxygens (including phenoxy) is 1. The predicted octanol–water partition coefficient (Wildman–Crippen LogP) is 0.0734. The van der Waals surface area contributed by atoms with Crippen LogP contribution in [-0.4, -0.2) is 48.4 Å². The second-order valence-electron chi connectivity index (χ2n) is 4.84. The van der Waals surface area contributed by atoms with Gasteiger partial charge in [-0.15, -0.1) is 0 Å². The summed E-state index contributed by atoms with van der Waals surface area (Å²) < 4.78 is 4.53. The molecule has 0 radical (unpaired) electrons. The number of nitrogens with zero attached hydrogens (tertiary/aromatic N) is 1. The fourth-order valence-corrected chi connectivity index (χ4v) is 1.94. The largest absolute Gasteiger partial charge is 0.450 e. The summed E-state index contributed by atoms with van der Waals surface area (Å²) in [6.45, 7) is 0.993. The minimum Gasteiger partial charge on any atom is -0.450 e. The van der Waals surface area contributed by atoms with Gasteiger partial charge in [0.2, 0.25) is 5.91 Å². The Morgan fingerprint density at radius 1 is 1.09 bits per heavy atom. The molecule has 3 N–H and O–H groups in total. The molecule has 4 amide bonds. The molecule has 8 nitrogen and oxygen atoms in total. The van der Waals surface area contributed by atoms with Crippen molar-refractivity contribution in [3.05, 3.63) is 12.2 Å². The smallest absolute Gasteiger partial charge is 0.404 e. The standard InChI is InChI=1S/C14H21N3O5/c15-14(21)22-10-4-8-16-11(18)5-2-1-3-9-17-12(19)6-7-13(17)20/h6-7H,1-5,8-10H2,(H2,15,21)(H,16,18). The van der Waals surface area contributed by atoms with Crippen LogP contribution in [0.1, 0.15) is 32.1 Å². The topological polar surface area (TPSA) is 119 Å². The molecule has 1 aliphatic rings. The van der Waals surface area contributed by atoms with Crippen molar-refractivity contribution in [1.29, 1.82) is 0 Å². The third-order valence-electron chi connectivity index (χ3n) is 3.07. The Balaban J connectivity index is 1.96. The van der Waals surface area contributed by atoms with E-state index in [0.29, 0.717) is 38.8 Å². The highest BCUT2D eigenvalue weighted by Gasteiger charge is 2.22. The number of hydrogen-bond donors (Lipinski definition) is 2. The number of carbonyl (C=O) groups excluding carboxylic acids is 4. The van der Waals surface area contributed by atoms with Crippen LogP contribution < -0.4 is 11.1 Å². The molecule has 0 unspecified atom stereocenters. The number of amides is 4. The first-order valence-electron chi connectivity index (χ1n) is 7.23. The molecule has 0 aliphatic carbocycles. The van der Waals surface area contributed by atoms with E-state index in [1.165, 1.54) is 17.1 Å². The third kappa shape index (κ3) is 6.87. The average molecular weight is 311 g/mol. The molecule has 0 fully saturated rings. The summed E-state index contributed by atoms with van der Waals surface area (Å²) >= 11 is 0. The maximum atomic E-state index is 11.5. The molecule has 0 aromatic rings. The third-order valence-corrected chi connectivity index (χ3v) is 3.07. The monoisotopic (exact) mass is 311 g/mol. The quantitative estimate of drug-likeness (QED) is 0.437. The molecule has 122 valence electrons. The van der Waals surface area contributed by atoms with Crippen molar-refractivity contribution in [1.82, 2.24) is 10.2 Å². The van der Waals surface area contributed by atoms with Gasteiger partial charge in [0.05, 0.1) is 6.61 Å². The highest BCUT2D eigenvalue weighted by molar-refractivity contribution is 6.12. The van der Waals surface area contributed by atoms with Crippen LogP contribution in [0.4, 0.5) is 4.79 Å². The average Bonchev–Trinajstić information content (AvgIpc) is 2.77. The van der Waals surface area contributed by atoms with Gasteiger partial charge in [-0.3, -0.25) is 19.3 Å². The van der Waals surface area contributed by atoms with Crippen LogP contribution >= 0.6 is 0 Å². The second kappa shape index (κ2) is 9.54. The van der Waals surface area contributed by atoms with E-state index in [9.17, 15) is 19.2 Å². The van der Waals surface area contributed by atoms with E-state index in [4.69, 9.17) is 5.73 Å². The van der Waals surface area contributed by atoms with E-state index in [0.717, 1.165) is 6.42 Å². The van der Waals surface area contributed by atoms with Crippen molar-refractivity contribution in [2.24, 2.45) is 5.73 Å². The minimum absolute atomic E-state index is 0.0749. The van der Waals surface area contributed by atoms with Crippen LogP contribution in [0.5, 0.6) is 0 Å². The maximum absolute atomic E-state index is 11.5. The van der Waals surface area contributed by atoms with Crippen molar-refractivity contribution in [3.63, 3.8) is 0 Å². The highest BCUT2D eigenvalue weighted by atomic mass is 16.5. The summed E-state index contributed by atoms with van der Waals surface area (Å²) in [5.41, 5.74) is 4.79. The summed E-state index contributed by atoms with van der Waals surface area (Å²) in [5, 5.41) is 2.70. The van der Waals surface area contributed by atoms with Gasteiger partial charge in [0, 0.05) is 31.7 Å². The fourth-order valence-electron chi connectivity index (χ4n) is 1.94. The van der Waals surface area contributed by atoms with Gasteiger partial charge >= 0.3 is 6.09 Å². The van der Waals surface area contributed by atoms with Gasteiger partial charge in [-0.05, 0) is 19.3 Å². The zero-order valence-corrected chi connectivity index (χ0v) is 12.4. The maximum Gasteiger partial charge on any atom is 0.404 e. The van der Waals surface area contributed by atoms with Gasteiger partial charge in [-0.25, -0.2) is 4.79 Å². The summed E-state index contributed by atoms with van der Waals surface area (Å²) in [4.78, 5) is 45.6. The van der Waals surface area contributed by atoms with E-state index in [1.807, 2.05) is 0 Å². The zero-order chi connectivity index (χ0) is 16.4. The lowest BCUT2D eigenvalue weighted by atomic mass is 10.2. The van der Waals surface area contributed by atoms with Gasteiger partial charge in [0.15, 0.2) is 0 Å². The number of carbonyl (C=O) groups is 4. The molecule has 0 saturated carbocycles. The molecule has 1 rings (SSSR count). The molecule has 0 saturated heterocycles. The lowest BCUT2D eigenvalue weighted by Gasteiger charge is -2.13. The summed E-state index contributed by atoms with van der Waals surface area (Å²) in [6.07, 6.45) is 4.73. The molecule has 1 heterocycles. The number of rotatable bonds is 10. The molecular weight excluding hydrogens is 290 g/mol. The fraction of sp³-hybridized carbons (Fsp3) is 0.571. The van der Waals surface area contributed by atoms with Crippen LogP contribution in [0, 0.1) is 0 Å². The van der Waals surface area contributed by atoms with Crippen LogP contribution in [0.15, 0.2) is 12.2 Å². The number of primary amides is 1. The van der Waals surface area contributed by atoms with Crippen molar-refractivity contribution < 1.29 is 23.9 Å². The number of hydrogen-bond acceptors (Lipinski definition) is 5. The molecule has 8 heteroatoms. The van der Waals surface area contributed by atoms with E-state index in [1.54, 1.807) is 0 Å². The number of imide groups is 1. The molecule has 0 aromatic carbocycles. The number of nitrogens with two attached hydrogens (primary N) is 1. The Bertz CT molecular complexity index is 443.